The molecule has 1 unspecified atom stereocenters. The third-order valence-corrected chi connectivity index (χ3v) is 5.31. The molecular formula is C23H28BrN3O3. The SMILES string of the molecule is CCN(CC)C(=O)c1ccc(CNC(=O)CC(NC(C)=O)c2ccc(Br)cc2)cc1. The Bertz CT molecular complexity index is 862. The van der Waals surface area contributed by atoms with Gasteiger partial charge in [-0.2, -0.15) is 0 Å². The molecular weight excluding hydrogens is 446 g/mol. The van der Waals surface area contributed by atoms with E-state index in [1.54, 1.807) is 17.0 Å². The summed E-state index contributed by atoms with van der Waals surface area (Å²) in [6.45, 7) is 7.03. The van der Waals surface area contributed by atoms with Gasteiger partial charge in [-0.05, 0) is 49.2 Å². The second-order valence-electron chi connectivity index (χ2n) is 6.96. The van der Waals surface area contributed by atoms with Crippen molar-refractivity contribution in [3.05, 3.63) is 69.7 Å². The van der Waals surface area contributed by atoms with Crippen LogP contribution in [0.15, 0.2) is 53.0 Å². The third kappa shape index (κ3) is 6.99. The molecule has 0 radical (unpaired) electrons. The van der Waals surface area contributed by atoms with E-state index < -0.39 is 6.04 Å². The van der Waals surface area contributed by atoms with Gasteiger partial charge in [0.1, 0.15) is 0 Å². The highest BCUT2D eigenvalue weighted by Gasteiger charge is 2.17. The monoisotopic (exact) mass is 473 g/mol. The van der Waals surface area contributed by atoms with Crippen LogP contribution in [0.3, 0.4) is 0 Å². The molecule has 0 saturated heterocycles. The second-order valence-corrected chi connectivity index (χ2v) is 7.88. The lowest BCUT2D eigenvalue weighted by Gasteiger charge is -2.19. The molecule has 6 nitrogen and oxygen atoms in total. The summed E-state index contributed by atoms with van der Waals surface area (Å²) in [5, 5.41) is 5.71. The lowest BCUT2D eigenvalue weighted by atomic mass is 10.0. The summed E-state index contributed by atoms with van der Waals surface area (Å²) in [6, 6.07) is 14.4. The molecule has 30 heavy (non-hydrogen) atoms. The first kappa shape index (κ1) is 23.6. The summed E-state index contributed by atoms with van der Waals surface area (Å²) in [5.41, 5.74) is 2.40. The van der Waals surface area contributed by atoms with Gasteiger partial charge in [0, 0.05) is 36.6 Å². The van der Waals surface area contributed by atoms with Crippen LogP contribution < -0.4 is 10.6 Å². The van der Waals surface area contributed by atoms with Gasteiger partial charge >= 0.3 is 0 Å². The molecule has 0 aliphatic heterocycles. The number of hydrogen-bond acceptors (Lipinski definition) is 3. The van der Waals surface area contributed by atoms with Crippen LogP contribution in [-0.4, -0.2) is 35.7 Å². The van der Waals surface area contributed by atoms with E-state index in [1.807, 2.05) is 50.2 Å². The largest absolute Gasteiger partial charge is 0.352 e. The summed E-state index contributed by atoms with van der Waals surface area (Å²) >= 11 is 3.39. The number of carbonyl (C=O) groups is 3. The molecule has 0 aliphatic carbocycles. The molecule has 0 aliphatic rings. The molecule has 2 aromatic rings. The van der Waals surface area contributed by atoms with Crippen molar-refractivity contribution < 1.29 is 14.4 Å². The van der Waals surface area contributed by atoms with Crippen LogP contribution >= 0.6 is 15.9 Å². The maximum Gasteiger partial charge on any atom is 0.253 e. The highest BCUT2D eigenvalue weighted by Crippen LogP contribution is 2.20. The summed E-state index contributed by atoms with van der Waals surface area (Å²) < 4.78 is 0.931. The number of rotatable bonds is 9. The van der Waals surface area contributed by atoms with E-state index in [2.05, 4.69) is 26.6 Å². The minimum atomic E-state index is -0.398. The zero-order chi connectivity index (χ0) is 22.1. The highest BCUT2D eigenvalue weighted by molar-refractivity contribution is 9.10. The molecule has 0 bridgehead atoms. The Morgan fingerprint density at radius 2 is 1.57 bits per heavy atom. The number of halogens is 1. The summed E-state index contributed by atoms with van der Waals surface area (Å²) in [6.07, 6.45) is 0.139. The first-order valence-corrected chi connectivity index (χ1v) is 10.8. The Morgan fingerprint density at radius 3 is 2.10 bits per heavy atom. The third-order valence-electron chi connectivity index (χ3n) is 4.78. The van der Waals surface area contributed by atoms with Gasteiger partial charge in [0.05, 0.1) is 12.5 Å². The predicted molar refractivity (Wildman–Crippen MR) is 121 cm³/mol. The van der Waals surface area contributed by atoms with Crippen molar-refractivity contribution in [2.24, 2.45) is 0 Å². The Balaban J connectivity index is 1.95. The molecule has 0 fully saturated rings. The molecule has 0 heterocycles. The maximum absolute atomic E-state index is 12.5. The standard InChI is InChI=1S/C23H28BrN3O3/c1-4-27(5-2)23(30)19-8-6-17(7-9-19)15-25-22(29)14-21(26-16(3)28)18-10-12-20(24)13-11-18/h6-13,21H,4-5,14-15H2,1-3H3,(H,25,29)(H,26,28). The first-order chi connectivity index (χ1) is 14.3. The van der Waals surface area contributed by atoms with Crippen LogP contribution in [0.4, 0.5) is 0 Å². The number of nitrogens with one attached hydrogen (secondary N) is 2. The summed E-state index contributed by atoms with van der Waals surface area (Å²) in [4.78, 5) is 38.1. The number of nitrogens with zero attached hydrogens (tertiary/aromatic N) is 1. The lowest BCUT2D eigenvalue weighted by molar-refractivity contribution is -0.122. The molecule has 0 saturated carbocycles. The molecule has 0 aromatic heterocycles. The van der Waals surface area contributed by atoms with Crippen molar-refractivity contribution in [1.82, 2.24) is 15.5 Å². The van der Waals surface area contributed by atoms with E-state index in [1.165, 1.54) is 6.92 Å². The Hall–Kier alpha value is -2.67. The topological polar surface area (TPSA) is 78.5 Å². The van der Waals surface area contributed by atoms with Gasteiger partial charge in [-0.15, -0.1) is 0 Å². The Morgan fingerprint density at radius 1 is 0.967 bits per heavy atom. The average Bonchev–Trinajstić information content (AvgIpc) is 2.73. The van der Waals surface area contributed by atoms with Gasteiger partial charge in [-0.1, -0.05) is 40.2 Å². The van der Waals surface area contributed by atoms with Gasteiger partial charge in [0.2, 0.25) is 11.8 Å². The van der Waals surface area contributed by atoms with E-state index in [0.29, 0.717) is 25.2 Å². The van der Waals surface area contributed by atoms with Gasteiger partial charge in [0.25, 0.3) is 5.91 Å². The van der Waals surface area contributed by atoms with Crippen molar-refractivity contribution in [3.8, 4) is 0 Å². The zero-order valence-corrected chi connectivity index (χ0v) is 19.2. The van der Waals surface area contributed by atoms with E-state index in [-0.39, 0.29) is 24.1 Å². The fourth-order valence-electron chi connectivity index (χ4n) is 3.11. The number of amides is 3. The molecule has 160 valence electrons. The molecule has 0 spiro atoms. The molecule has 1 atom stereocenters. The van der Waals surface area contributed by atoms with Crippen molar-refractivity contribution in [1.29, 1.82) is 0 Å². The second kappa shape index (κ2) is 11.5. The summed E-state index contributed by atoms with van der Waals surface area (Å²) in [7, 11) is 0. The molecule has 2 aromatic carbocycles. The fourth-order valence-corrected chi connectivity index (χ4v) is 3.37. The van der Waals surface area contributed by atoms with Crippen LogP contribution in [0.5, 0.6) is 0 Å². The predicted octanol–water partition coefficient (Wildman–Crippen LogP) is 3.81. The van der Waals surface area contributed by atoms with Crippen molar-refractivity contribution in [3.63, 3.8) is 0 Å². The van der Waals surface area contributed by atoms with E-state index in [4.69, 9.17) is 0 Å². The lowest BCUT2D eigenvalue weighted by Crippen LogP contribution is -2.32. The minimum absolute atomic E-state index is 0.00299. The van der Waals surface area contributed by atoms with Gasteiger partial charge < -0.3 is 15.5 Å². The highest BCUT2D eigenvalue weighted by atomic mass is 79.9. The first-order valence-electron chi connectivity index (χ1n) is 10.0. The fraction of sp³-hybridized carbons (Fsp3) is 0.348. The number of hydrogen-bond donors (Lipinski definition) is 2. The van der Waals surface area contributed by atoms with Gasteiger partial charge in [-0.3, -0.25) is 14.4 Å². The van der Waals surface area contributed by atoms with E-state index >= 15 is 0 Å². The van der Waals surface area contributed by atoms with Gasteiger partial charge in [0.15, 0.2) is 0 Å². The Labute approximate surface area is 186 Å². The van der Waals surface area contributed by atoms with Crippen molar-refractivity contribution in [2.75, 3.05) is 13.1 Å². The number of carbonyl (C=O) groups excluding carboxylic acids is 3. The smallest absolute Gasteiger partial charge is 0.253 e. The van der Waals surface area contributed by atoms with Crippen LogP contribution in [-0.2, 0) is 16.1 Å². The van der Waals surface area contributed by atoms with Crippen LogP contribution in [0.1, 0.15) is 54.7 Å². The normalized spacial score (nSPS) is 11.5. The van der Waals surface area contributed by atoms with Crippen molar-refractivity contribution in [2.45, 2.75) is 39.8 Å². The quantitative estimate of drug-likeness (QED) is 0.580. The number of benzene rings is 2. The zero-order valence-electron chi connectivity index (χ0n) is 17.6. The molecule has 2 rings (SSSR count). The summed E-state index contributed by atoms with van der Waals surface area (Å²) in [5.74, 6) is -0.354. The average molecular weight is 474 g/mol. The van der Waals surface area contributed by atoms with E-state index in [9.17, 15) is 14.4 Å². The van der Waals surface area contributed by atoms with Crippen LogP contribution in [0.2, 0.25) is 0 Å². The molecule has 2 N–H and O–H groups in total. The van der Waals surface area contributed by atoms with Gasteiger partial charge in [-0.25, -0.2) is 0 Å². The van der Waals surface area contributed by atoms with Crippen molar-refractivity contribution >= 4 is 33.7 Å². The van der Waals surface area contributed by atoms with Crippen LogP contribution in [0, 0.1) is 0 Å². The molecule has 7 heteroatoms. The molecule has 3 amide bonds. The minimum Gasteiger partial charge on any atom is -0.352 e. The van der Waals surface area contributed by atoms with Crippen LogP contribution in [0.25, 0.3) is 0 Å². The Kier molecular flexibility index (Phi) is 9.05. The van der Waals surface area contributed by atoms with E-state index in [0.717, 1.165) is 15.6 Å². The maximum atomic E-state index is 12.5.